The van der Waals surface area contributed by atoms with Gasteiger partial charge in [0.15, 0.2) is 0 Å². The van der Waals surface area contributed by atoms with Gasteiger partial charge in [0.1, 0.15) is 0 Å². The molecular weight excluding hydrogens is 260 g/mol. The number of urea groups is 1. The zero-order chi connectivity index (χ0) is 14.6. The molecule has 2 aliphatic rings. The van der Waals surface area contributed by atoms with Crippen molar-refractivity contribution in [3.63, 3.8) is 0 Å². The first-order valence-electron chi connectivity index (χ1n) is 7.41. The summed E-state index contributed by atoms with van der Waals surface area (Å²) < 4.78 is 5.22. The Morgan fingerprint density at radius 2 is 2.10 bits per heavy atom. The highest BCUT2D eigenvalue weighted by molar-refractivity contribution is 5.78. The van der Waals surface area contributed by atoms with Gasteiger partial charge in [0, 0.05) is 32.8 Å². The van der Waals surface area contributed by atoms with Crippen molar-refractivity contribution in [2.45, 2.75) is 32.6 Å². The van der Waals surface area contributed by atoms with Gasteiger partial charge in [-0.1, -0.05) is 13.3 Å². The Morgan fingerprint density at radius 1 is 1.40 bits per heavy atom. The van der Waals surface area contributed by atoms with Gasteiger partial charge in [-0.2, -0.15) is 0 Å². The average molecular weight is 284 g/mol. The molecule has 0 bridgehead atoms. The summed E-state index contributed by atoms with van der Waals surface area (Å²) >= 11 is 0. The van der Waals surface area contributed by atoms with E-state index in [1.807, 2.05) is 0 Å². The zero-order valence-electron chi connectivity index (χ0n) is 12.1. The van der Waals surface area contributed by atoms with Crippen molar-refractivity contribution >= 4 is 12.0 Å². The van der Waals surface area contributed by atoms with E-state index in [1.54, 1.807) is 4.90 Å². The van der Waals surface area contributed by atoms with Gasteiger partial charge in [-0.25, -0.2) is 4.79 Å². The third-order valence-corrected chi connectivity index (χ3v) is 4.63. The molecule has 0 aliphatic carbocycles. The van der Waals surface area contributed by atoms with Gasteiger partial charge in [0.05, 0.1) is 5.41 Å². The molecule has 114 valence electrons. The van der Waals surface area contributed by atoms with Crippen LogP contribution in [-0.2, 0) is 9.53 Å². The maximum Gasteiger partial charge on any atom is 0.317 e. The van der Waals surface area contributed by atoms with Crippen LogP contribution in [0.2, 0.25) is 0 Å². The first-order chi connectivity index (χ1) is 9.57. The molecule has 20 heavy (non-hydrogen) atoms. The lowest BCUT2D eigenvalue weighted by Gasteiger charge is -2.33. The summed E-state index contributed by atoms with van der Waals surface area (Å²) in [6, 6.07) is -0.131. The lowest BCUT2D eigenvalue weighted by Crippen LogP contribution is -2.49. The van der Waals surface area contributed by atoms with E-state index in [9.17, 15) is 14.7 Å². The van der Waals surface area contributed by atoms with Gasteiger partial charge in [-0.15, -0.1) is 0 Å². The molecule has 0 aromatic carbocycles. The predicted molar refractivity (Wildman–Crippen MR) is 73.5 cm³/mol. The normalized spacial score (nSPS) is 25.4. The minimum atomic E-state index is -0.863. The molecule has 0 radical (unpaired) electrons. The highest BCUT2D eigenvalue weighted by Gasteiger charge is 2.41. The summed E-state index contributed by atoms with van der Waals surface area (Å²) in [4.78, 5) is 25.4. The second kappa shape index (κ2) is 6.43. The highest BCUT2D eigenvalue weighted by Crippen LogP contribution is 2.30. The van der Waals surface area contributed by atoms with E-state index >= 15 is 0 Å². The van der Waals surface area contributed by atoms with Crippen molar-refractivity contribution in [3.8, 4) is 0 Å². The number of ether oxygens (including phenoxy) is 1. The summed E-state index contributed by atoms with van der Waals surface area (Å²) in [7, 11) is 0. The van der Waals surface area contributed by atoms with E-state index in [0.29, 0.717) is 32.0 Å². The molecule has 1 atom stereocenters. The molecule has 2 saturated heterocycles. The van der Waals surface area contributed by atoms with E-state index in [1.165, 1.54) is 0 Å². The fourth-order valence-electron chi connectivity index (χ4n) is 2.94. The van der Waals surface area contributed by atoms with Crippen molar-refractivity contribution in [3.05, 3.63) is 0 Å². The number of carbonyl (C=O) groups is 2. The maximum atomic E-state index is 12.1. The van der Waals surface area contributed by atoms with Crippen LogP contribution < -0.4 is 5.32 Å². The number of aliphatic carboxylic acids is 1. The summed E-state index contributed by atoms with van der Waals surface area (Å²) in [6.45, 7) is 4.78. The van der Waals surface area contributed by atoms with Gasteiger partial charge in [-0.05, 0) is 25.2 Å². The number of nitrogens with zero attached hydrogens (tertiary/aromatic N) is 1. The fraction of sp³-hybridized carbons (Fsp3) is 0.857. The maximum absolute atomic E-state index is 12.1. The van der Waals surface area contributed by atoms with Crippen LogP contribution >= 0.6 is 0 Å². The lowest BCUT2D eigenvalue weighted by molar-refractivity contribution is -0.154. The number of rotatable bonds is 4. The monoisotopic (exact) mass is 284 g/mol. The van der Waals surface area contributed by atoms with Crippen LogP contribution in [0.15, 0.2) is 0 Å². The molecule has 0 aromatic rings. The summed E-state index contributed by atoms with van der Waals surface area (Å²) in [5.74, 6) is -0.258. The standard InChI is InChI=1S/C14H24N2O4/c1-2-11-3-6-16(9-11)13(19)15-10-14(12(17)18)4-7-20-8-5-14/h11H,2-10H2,1H3,(H,15,19)(H,17,18). The van der Waals surface area contributed by atoms with E-state index in [0.717, 1.165) is 25.9 Å². The third kappa shape index (κ3) is 3.23. The molecule has 2 rings (SSSR count). The highest BCUT2D eigenvalue weighted by atomic mass is 16.5. The van der Waals surface area contributed by atoms with Crippen LogP contribution in [0.1, 0.15) is 32.6 Å². The second-order valence-corrected chi connectivity index (χ2v) is 5.87. The molecule has 2 aliphatic heterocycles. The van der Waals surface area contributed by atoms with Gasteiger partial charge in [0.2, 0.25) is 0 Å². The lowest BCUT2D eigenvalue weighted by atomic mass is 9.80. The van der Waals surface area contributed by atoms with Gasteiger partial charge in [0.25, 0.3) is 0 Å². The third-order valence-electron chi connectivity index (χ3n) is 4.63. The quantitative estimate of drug-likeness (QED) is 0.816. The predicted octanol–water partition coefficient (Wildman–Crippen LogP) is 1.31. The number of carboxylic acids is 1. The van der Waals surface area contributed by atoms with E-state index in [4.69, 9.17) is 4.74 Å². The Bertz CT molecular complexity index is 366. The average Bonchev–Trinajstić information content (AvgIpc) is 2.94. The first-order valence-corrected chi connectivity index (χ1v) is 7.41. The number of likely N-dealkylation sites (tertiary alicyclic amines) is 1. The molecule has 6 nitrogen and oxygen atoms in total. The van der Waals surface area contributed by atoms with Crippen molar-refractivity contribution < 1.29 is 19.4 Å². The van der Waals surface area contributed by atoms with Gasteiger partial charge < -0.3 is 20.1 Å². The summed E-state index contributed by atoms with van der Waals surface area (Å²) in [5.41, 5.74) is -0.863. The van der Waals surface area contributed by atoms with Crippen molar-refractivity contribution in [2.75, 3.05) is 32.8 Å². The molecule has 2 heterocycles. The topological polar surface area (TPSA) is 78.9 Å². The molecule has 2 fully saturated rings. The minimum absolute atomic E-state index is 0.131. The van der Waals surface area contributed by atoms with Crippen LogP contribution in [0.5, 0.6) is 0 Å². The molecule has 0 aromatic heterocycles. The Labute approximate surface area is 119 Å². The SMILES string of the molecule is CCC1CCN(C(=O)NCC2(C(=O)O)CCOCC2)C1. The number of carbonyl (C=O) groups excluding carboxylic acids is 1. The van der Waals surface area contributed by atoms with Crippen LogP contribution in [0.25, 0.3) is 0 Å². The van der Waals surface area contributed by atoms with Crippen LogP contribution in [0.3, 0.4) is 0 Å². The van der Waals surface area contributed by atoms with Crippen molar-refractivity contribution in [1.29, 1.82) is 0 Å². The number of hydrogen-bond donors (Lipinski definition) is 2. The Morgan fingerprint density at radius 3 is 2.65 bits per heavy atom. The van der Waals surface area contributed by atoms with Crippen LogP contribution in [-0.4, -0.2) is 54.9 Å². The Kier molecular flexibility index (Phi) is 4.86. The number of hydrogen-bond acceptors (Lipinski definition) is 3. The zero-order valence-corrected chi connectivity index (χ0v) is 12.1. The van der Waals surface area contributed by atoms with Gasteiger partial charge >= 0.3 is 12.0 Å². The Balaban J connectivity index is 1.86. The van der Waals surface area contributed by atoms with E-state index in [-0.39, 0.29) is 12.6 Å². The molecule has 6 heteroatoms. The van der Waals surface area contributed by atoms with E-state index < -0.39 is 11.4 Å². The second-order valence-electron chi connectivity index (χ2n) is 5.87. The summed E-state index contributed by atoms with van der Waals surface area (Å²) in [5, 5.41) is 12.2. The molecule has 0 spiro atoms. The number of nitrogens with one attached hydrogen (secondary N) is 1. The largest absolute Gasteiger partial charge is 0.481 e. The number of amides is 2. The molecule has 1 unspecified atom stereocenters. The molecule has 2 amide bonds. The summed E-state index contributed by atoms with van der Waals surface area (Å²) in [6.07, 6.45) is 3.04. The molecule has 0 saturated carbocycles. The van der Waals surface area contributed by atoms with Crippen molar-refractivity contribution in [2.24, 2.45) is 11.3 Å². The van der Waals surface area contributed by atoms with Crippen molar-refractivity contribution in [1.82, 2.24) is 10.2 Å². The van der Waals surface area contributed by atoms with E-state index in [2.05, 4.69) is 12.2 Å². The minimum Gasteiger partial charge on any atom is -0.481 e. The molecule has 2 N–H and O–H groups in total. The Hall–Kier alpha value is -1.30. The van der Waals surface area contributed by atoms with Crippen LogP contribution in [0, 0.1) is 11.3 Å². The van der Waals surface area contributed by atoms with Crippen LogP contribution in [0.4, 0.5) is 4.79 Å². The first kappa shape index (κ1) is 15.1. The number of carboxylic acid groups (broad SMARTS) is 1. The molecular formula is C14H24N2O4. The van der Waals surface area contributed by atoms with Gasteiger partial charge in [-0.3, -0.25) is 4.79 Å². The smallest absolute Gasteiger partial charge is 0.317 e. The fourth-order valence-corrected chi connectivity index (χ4v) is 2.94.